The summed E-state index contributed by atoms with van der Waals surface area (Å²) < 4.78 is 1.60. The fourth-order valence-electron chi connectivity index (χ4n) is 2.52. The first-order valence-corrected chi connectivity index (χ1v) is 7.33. The van der Waals surface area contributed by atoms with Gasteiger partial charge in [-0.05, 0) is 48.1 Å². The van der Waals surface area contributed by atoms with Crippen LogP contribution in [0.3, 0.4) is 0 Å². The lowest BCUT2D eigenvalue weighted by atomic mass is 10.1. The highest BCUT2D eigenvalue weighted by molar-refractivity contribution is 7.15. The molecule has 0 radical (unpaired) electrons. The highest BCUT2D eigenvalue weighted by atomic mass is 32.1. The molecule has 1 fully saturated rings. The van der Waals surface area contributed by atoms with E-state index in [1.165, 1.54) is 10.4 Å². The van der Waals surface area contributed by atoms with Crippen LogP contribution in [0.15, 0.2) is 6.33 Å². The van der Waals surface area contributed by atoms with Gasteiger partial charge in [0.15, 0.2) is 0 Å². The Morgan fingerprint density at radius 1 is 1.42 bits per heavy atom. The van der Waals surface area contributed by atoms with Gasteiger partial charge in [-0.1, -0.05) is 0 Å². The number of carbonyl (C=O) groups is 1. The number of hydrogen-bond acceptors (Lipinski definition) is 5. The number of aromatic nitrogens is 4. The average molecular weight is 275 g/mol. The van der Waals surface area contributed by atoms with E-state index in [2.05, 4.69) is 20.8 Å². The van der Waals surface area contributed by atoms with Crippen molar-refractivity contribution in [2.45, 2.75) is 38.1 Å². The van der Waals surface area contributed by atoms with Crippen molar-refractivity contribution in [3.63, 3.8) is 0 Å². The number of hydrogen-bond donors (Lipinski definition) is 1. The minimum Gasteiger partial charge on any atom is -0.349 e. The Labute approximate surface area is 113 Å². The molecule has 7 heteroatoms. The fourth-order valence-corrected chi connectivity index (χ4v) is 3.83. The minimum absolute atomic E-state index is 0.0346. The number of aryl methyl sites for hydroxylation is 1. The van der Waals surface area contributed by atoms with Crippen molar-refractivity contribution in [3.05, 3.63) is 22.3 Å². The summed E-state index contributed by atoms with van der Waals surface area (Å²) in [5.74, 6) is 0.0346. The van der Waals surface area contributed by atoms with Crippen LogP contribution in [0, 0.1) is 0 Å². The number of nitrogens with zero attached hydrogens (tertiary/aromatic N) is 4. The van der Waals surface area contributed by atoms with Gasteiger partial charge in [-0.25, -0.2) is 0 Å². The Bertz CT molecular complexity index is 629. The van der Waals surface area contributed by atoms with Gasteiger partial charge in [-0.2, -0.15) is 4.68 Å². The number of amides is 1. The Hall–Kier alpha value is -1.76. The molecule has 98 valence electrons. The second-order valence-electron chi connectivity index (χ2n) is 5.04. The Balaban J connectivity index is 1.79. The molecule has 0 saturated heterocycles. The van der Waals surface area contributed by atoms with E-state index in [4.69, 9.17) is 0 Å². The van der Waals surface area contributed by atoms with Crippen LogP contribution in [0.4, 0.5) is 0 Å². The van der Waals surface area contributed by atoms with Gasteiger partial charge in [0, 0.05) is 10.9 Å². The van der Waals surface area contributed by atoms with E-state index in [0.717, 1.165) is 42.7 Å². The molecule has 0 aromatic carbocycles. The summed E-state index contributed by atoms with van der Waals surface area (Å²) in [5.41, 5.74) is 1.99. The molecule has 0 unspecified atom stereocenters. The molecule has 2 heterocycles. The first kappa shape index (κ1) is 11.1. The van der Waals surface area contributed by atoms with Gasteiger partial charge < -0.3 is 5.32 Å². The third kappa shape index (κ3) is 1.85. The summed E-state index contributed by atoms with van der Waals surface area (Å²) in [6, 6.07) is 0.367. The number of fused-ring (bicyclic) bond motifs is 1. The Morgan fingerprint density at radius 3 is 3.05 bits per heavy atom. The number of rotatable bonds is 3. The topological polar surface area (TPSA) is 72.7 Å². The second-order valence-corrected chi connectivity index (χ2v) is 6.12. The quantitative estimate of drug-likeness (QED) is 0.910. The number of tetrazole rings is 1. The smallest absolute Gasteiger partial charge is 0.254 e. The number of nitrogens with one attached hydrogen (secondary N) is 1. The van der Waals surface area contributed by atoms with Gasteiger partial charge in [-0.3, -0.25) is 4.79 Å². The lowest BCUT2D eigenvalue weighted by Gasteiger charge is -2.06. The maximum Gasteiger partial charge on any atom is 0.254 e. The van der Waals surface area contributed by atoms with E-state index in [1.807, 2.05) is 0 Å². The zero-order valence-corrected chi connectivity index (χ0v) is 11.1. The first-order valence-electron chi connectivity index (χ1n) is 6.51. The highest BCUT2D eigenvalue weighted by Crippen LogP contribution is 2.37. The molecular weight excluding hydrogens is 262 g/mol. The van der Waals surface area contributed by atoms with Gasteiger partial charge in [0.2, 0.25) is 0 Å². The highest BCUT2D eigenvalue weighted by Gasteiger charge is 2.31. The lowest BCUT2D eigenvalue weighted by molar-refractivity contribution is 0.0950. The fraction of sp³-hybridized carbons (Fsp3) is 0.500. The molecule has 6 nitrogen and oxygen atoms in total. The van der Waals surface area contributed by atoms with Gasteiger partial charge in [0.25, 0.3) is 5.91 Å². The number of thiophene rings is 1. The van der Waals surface area contributed by atoms with E-state index in [9.17, 15) is 4.79 Å². The Kier molecular flexibility index (Phi) is 2.41. The first-order chi connectivity index (χ1) is 9.33. The van der Waals surface area contributed by atoms with Gasteiger partial charge in [-0.15, -0.1) is 16.4 Å². The summed E-state index contributed by atoms with van der Waals surface area (Å²) in [4.78, 5) is 13.8. The van der Waals surface area contributed by atoms with E-state index in [0.29, 0.717) is 6.04 Å². The maximum absolute atomic E-state index is 12.4. The van der Waals surface area contributed by atoms with Gasteiger partial charge >= 0.3 is 0 Å². The van der Waals surface area contributed by atoms with Gasteiger partial charge in [0.05, 0.1) is 5.56 Å². The summed E-state index contributed by atoms with van der Waals surface area (Å²) in [7, 11) is 0. The van der Waals surface area contributed by atoms with Crippen LogP contribution in [0.5, 0.6) is 0 Å². The van der Waals surface area contributed by atoms with E-state index in [-0.39, 0.29) is 5.91 Å². The summed E-state index contributed by atoms with van der Waals surface area (Å²) >= 11 is 1.64. The molecule has 2 aromatic heterocycles. The lowest BCUT2D eigenvalue weighted by Crippen LogP contribution is -2.26. The molecule has 1 amide bonds. The van der Waals surface area contributed by atoms with Crippen LogP contribution in [-0.4, -0.2) is 32.2 Å². The van der Waals surface area contributed by atoms with Crippen LogP contribution >= 0.6 is 11.3 Å². The molecule has 1 saturated carbocycles. The zero-order chi connectivity index (χ0) is 12.8. The molecule has 0 atom stereocenters. The largest absolute Gasteiger partial charge is 0.349 e. The predicted octanol–water partition coefficient (Wildman–Crippen LogP) is 1.10. The molecule has 0 spiro atoms. The minimum atomic E-state index is 0.0346. The van der Waals surface area contributed by atoms with Crippen molar-refractivity contribution in [2.75, 3.05) is 0 Å². The van der Waals surface area contributed by atoms with Crippen LogP contribution in [0.2, 0.25) is 0 Å². The molecule has 1 N–H and O–H groups in total. The second kappa shape index (κ2) is 4.12. The van der Waals surface area contributed by atoms with E-state index >= 15 is 0 Å². The van der Waals surface area contributed by atoms with Crippen molar-refractivity contribution >= 4 is 17.2 Å². The summed E-state index contributed by atoms with van der Waals surface area (Å²) in [5, 5.41) is 15.2. The molecule has 2 aliphatic carbocycles. The van der Waals surface area contributed by atoms with E-state index < -0.39 is 0 Å². The van der Waals surface area contributed by atoms with Crippen molar-refractivity contribution < 1.29 is 4.79 Å². The maximum atomic E-state index is 12.4. The zero-order valence-electron chi connectivity index (χ0n) is 10.3. The molecule has 0 aliphatic heterocycles. The molecule has 2 aliphatic rings. The normalized spacial score (nSPS) is 17.5. The average Bonchev–Trinajstić information content (AvgIpc) is 2.87. The molecule has 0 bridgehead atoms. The monoisotopic (exact) mass is 275 g/mol. The summed E-state index contributed by atoms with van der Waals surface area (Å²) in [6.45, 7) is 0. The van der Waals surface area contributed by atoms with Crippen LogP contribution in [-0.2, 0) is 12.8 Å². The van der Waals surface area contributed by atoms with Crippen LogP contribution in [0.25, 0.3) is 5.00 Å². The van der Waals surface area contributed by atoms with Crippen LogP contribution < -0.4 is 5.32 Å². The molecule has 4 rings (SSSR count). The molecular formula is C12H13N5OS. The SMILES string of the molecule is O=C(NC1CC1)c1c(-n2cnnn2)sc2c1CCC2. The van der Waals surface area contributed by atoms with Crippen molar-refractivity contribution in [2.24, 2.45) is 0 Å². The predicted molar refractivity (Wildman–Crippen MR) is 69.5 cm³/mol. The summed E-state index contributed by atoms with van der Waals surface area (Å²) in [6.07, 6.45) is 6.93. The third-order valence-corrected chi connectivity index (χ3v) is 4.88. The van der Waals surface area contributed by atoms with Crippen molar-refractivity contribution in [3.8, 4) is 5.00 Å². The van der Waals surface area contributed by atoms with Gasteiger partial charge in [0.1, 0.15) is 11.3 Å². The van der Waals surface area contributed by atoms with Crippen molar-refractivity contribution in [1.82, 2.24) is 25.5 Å². The molecule has 2 aromatic rings. The van der Waals surface area contributed by atoms with Crippen molar-refractivity contribution in [1.29, 1.82) is 0 Å². The van der Waals surface area contributed by atoms with Crippen LogP contribution in [0.1, 0.15) is 40.1 Å². The van der Waals surface area contributed by atoms with E-state index in [1.54, 1.807) is 22.3 Å². The number of carbonyl (C=O) groups excluding carboxylic acids is 1. The standard InChI is InChI=1S/C12H13N5OS/c18-11(14-7-4-5-7)10-8-2-1-3-9(8)19-12(10)17-6-13-15-16-17/h6-7H,1-5H2,(H,14,18). The Morgan fingerprint density at radius 2 is 2.32 bits per heavy atom. The molecule has 19 heavy (non-hydrogen) atoms. The third-order valence-electron chi connectivity index (χ3n) is 3.60.